The van der Waals surface area contributed by atoms with Gasteiger partial charge in [0.15, 0.2) is 0 Å². The molecular formula is C10H19NOS. The van der Waals surface area contributed by atoms with Gasteiger partial charge in [-0.25, -0.2) is 0 Å². The Morgan fingerprint density at radius 2 is 2.15 bits per heavy atom. The number of carbonyl (C=O) groups is 1. The van der Waals surface area contributed by atoms with Crippen molar-refractivity contribution in [2.75, 3.05) is 5.75 Å². The van der Waals surface area contributed by atoms with Crippen molar-refractivity contribution in [3.8, 4) is 0 Å². The van der Waals surface area contributed by atoms with Gasteiger partial charge < -0.3 is 5.32 Å². The molecule has 0 saturated heterocycles. The number of rotatable bonds is 4. The molecule has 0 aromatic heterocycles. The molecule has 0 aromatic carbocycles. The second kappa shape index (κ2) is 6.30. The van der Waals surface area contributed by atoms with Gasteiger partial charge in [0.2, 0.25) is 0 Å². The van der Waals surface area contributed by atoms with Gasteiger partial charge in [-0.1, -0.05) is 37.9 Å². The van der Waals surface area contributed by atoms with Crippen LogP contribution in [0.4, 0.5) is 4.79 Å². The summed E-state index contributed by atoms with van der Waals surface area (Å²) in [5.74, 6) is 0.967. The molecule has 0 bridgehead atoms. The summed E-state index contributed by atoms with van der Waals surface area (Å²) in [7, 11) is 0. The van der Waals surface area contributed by atoms with E-state index in [1.165, 1.54) is 43.9 Å². The first kappa shape index (κ1) is 10.9. The molecule has 1 fully saturated rings. The van der Waals surface area contributed by atoms with Crippen molar-refractivity contribution in [3.63, 3.8) is 0 Å². The molecule has 76 valence electrons. The molecule has 0 atom stereocenters. The molecule has 1 N–H and O–H groups in total. The van der Waals surface area contributed by atoms with Crippen LogP contribution in [0.2, 0.25) is 0 Å². The average Bonchev–Trinajstić information content (AvgIpc) is 2.57. The zero-order valence-electron chi connectivity index (χ0n) is 8.34. The predicted octanol–water partition coefficient (Wildman–Crippen LogP) is 3.17. The lowest BCUT2D eigenvalue weighted by Gasteiger charge is -2.10. The van der Waals surface area contributed by atoms with Crippen LogP contribution in [0.1, 0.15) is 45.4 Å². The van der Waals surface area contributed by atoms with Gasteiger partial charge in [-0.2, -0.15) is 0 Å². The van der Waals surface area contributed by atoms with E-state index in [9.17, 15) is 4.79 Å². The smallest absolute Gasteiger partial charge is 0.279 e. The van der Waals surface area contributed by atoms with Gasteiger partial charge in [-0.15, -0.1) is 0 Å². The molecule has 0 aromatic rings. The van der Waals surface area contributed by atoms with E-state index in [1.807, 2.05) is 0 Å². The lowest BCUT2D eigenvalue weighted by molar-refractivity contribution is 0.257. The first-order valence-corrected chi connectivity index (χ1v) is 6.24. The largest absolute Gasteiger partial charge is 0.344 e. The lowest BCUT2D eigenvalue weighted by atomic mass is 10.3. The van der Waals surface area contributed by atoms with Crippen LogP contribution in [0.15, 0.2) is 0 Å². The molecule has 3 heteroatoms. The van der Waals surface area contributed by atoms with E-state index < -0.39 is 0 Å². The monoisotopic (exact) mass is 201 g/mol. The number of amides is 1. The fourth-order valence-electron chi connectivity index (χ4n) is 1.59. The van der Waals surface area contributed by atoms with Crippen molar-refractivity contribution in [1.29, 1.82) is 0 Å². The van der Waals surface area contributed by atoms with Crippen molar-refractivity contribution >= 4 is 17.0 Å². The molecule has 0 heterocycles. The van der Waals surface area contributed by atoms with Crippen molar-refractivity contribution < 1.29 is 4.79 Å². The Labute approximate surface area is 84.9 Å². The Balaban J connectivity index is 2.02. The fourth-order valence-corrected chi connectivity index (χ4v) is 2.46. The predicted molar refractivity (Wildman–Crippen MR) is 58.2 cm³/mol. The summed E-state index contributed by atoms with van der Waals surface area (Å²) in [6, 6.07) is 0.474. The van der Waals surface area contributed by atoms with Gasteiger partial charge in [0.05, 0.1) is 0 Å². The Hall–Kier alpha value is -0.180. The summed E-state index contributed by atoms with van der Waals surface area (Å²) in [6.07, 6.45) is 7.24. The summed E-state index contributed by atoms with van der Waals surface area (Å²) >= 11 is 1.44. The van der Waals surface area contributed by atoms with E-state index in [4.69, 9.17) is 0 Å². The highest BCUT2D eigenvalue weighted by atomic mass is 32.2. The number of unbranched alkanes of at least 4 members (excludes halogenated alkanes) is 1. The summed E-state index contributed by atoms with van der Waals surface area (Å²) in [5, 5.41) is 3.24. The van der Waals surface area contributed by atoms with Crippen molar-refractivity contribution in [2.45, 2.75) is 51.5 Å². The molecular weight excluding hydrogens is 182 g/mol. The maximum atomic E-state index is 11.3. The fraction of sp³-hybridized carbons (Fsp3) is 0.900. The first-order chi connectivity index (χ1) is 6.33. The van der Waals surface area contributed by atoms with Gasteiger partial charge in [0.25, 0.3) is 5.24 Å². The van der Waals surface area contributed by atoms with Gasteiger partial charge in [-0.3, -0.25) is 4.79 Å². The van der Waals surface area contributed by atoms with E-state index in [2.05, 4.69) is 12.2 Å². The molecule has 0 radical (unpaired) electrons. The number of nitrogens with one attached hydrogen (secondary N) is 1. The SMILES string of the molecule is CCCCSC(=O)NC1CCCC1. The normalized spacial score (nSPS) is 17.6. The van der Waals surface area contributed by atoms with E-state index in [0.29, 0.717) is 6.04 Å². The van der Waals surface area contributed by atoms with Crippen molar-refractivity contribution in [2.24, 2.45) is 0 Å². The van der Waals surface area contributed by atoms with Crippen LogP contribution in [0.25, 0.3) is 0 Å². The van der Waals surface area contributed by atoms with E-state index in [0.717, 1.165) is 12.2 Å². The highest BCUT2D eigenvalue weighted by molar-refractivity contribution is 8.13. The lowest BCUT2D eigenvalue weighted by Crippen LogP contribution is -2.29. The molecule has 0 spiro atoms. The summed E-state index contributed by atoms with van der Waals surface area (Å²) < 4.78 is 0. The van der Waals surface area contributed by atoms with Crippen molar-refractivity contribution in [1.82, 2.24) is 5.32 Å². The average molecular weight is 201 g/mol. The minimum atomic E-state index is 0.181. The maximum absolute atomic E-state index is 11.3. The third kappa shape index (κ3) is 4.55. The number of carbonyl (C=O) groups excluding carboxylic acids is 1. The summed E-state index contributed by atoms with van der Waals surface area (Å²) in [4.78, 5) is 11.3. The maximum Gasteiger partial charge on any atom is 0.279 e. The Morgan fingerprint density at radius 3 is 2.77 bits per heavy atom. The third-order valence-corrected chi connectivity index (χ3v) is 3.28. The molecule has 1 aliphatic carbocycles. The molecule has 1 saturated carbocycles. The van der Waals surface area contributed by atoms with Crippen LogP contribution in [-0.2, 0) is 0 Å². The van der Waals surface area contributed by atoms with Gasteiger partial charge in [0, 0.05) is 11.8 Å². The van der Waals surface area contributed by atoms with Crippen LogP contribution >= 0.6 is 11.8 Å². The summed E-state index contributed by atoms with van der Waals surface area (Å²) in [6.45, 7) is 2.15. The van der Waals surface area contributed by atoms with Crippen LogP contribution in [-0.4, -0.2) is 17.0 Å². The number of hydrogen-bond donors (Lipinski definition) is 1. The molecule has 0 aliphatic heterocycles. The number of thioether (sulfide) groups is 1. The van der Waals surface area contributed by atoms with Gasteiger partial charge in [0.1, 0.15) is 0 Å². The Kier molecular flexibility index (Phi) is 5.28. The van der Waals surface area contributed by atoms with Crippen LogP contribution < -0.4 is 5.32 Å². The third-order valence-electron chi connectivity index (χ3n) is 2.41. The Morgan fingerprint density at radius 1 is 1.46 bits per heavy atom. The minimum absolute atomic E-state index is 0.181. The molecule has 1 aliphatic rings. The van der Waals surface area contributed by atoms with Crippen molar-refractivity contribution in [3.05, 3.63) is 0 Å². The molecule has 1 amide bonds. The Bertz CT molecular complexity index is 155. The molecule has 0 unspecified atom stereocenters. The quantitative estimate of drug-likeness (QED) is 0.708. The van der Waals surface area contributed by atoms with Gasteiger partial charge >= 0.3 is 0 Å². The number of hydrogen-bond acceptors (Lipinski definition) is 2. The second-order valence-corrected chi connectivity index (χ2v) is 4.68. The highest BCUT2D eigenvalue weighted by Crippen LogP contribution is 2.18. The minimum Gasteiger partial charge on any atom is -0.344 e. The zero-order chi connectivity index (χ0) is 9.52. The van der Waals surface area contributed by atoms with Crippen LogP contribution in [0, 0.1) is 0 Å². The van der Waals surface area contributed by atoms with Crippen LogP contribution in [0.3, 0.4) is 0 Å². The van der Waals surface area contributed by atoms with Crippen LogP contribution in [0.5, 0.6) is 0 Å². The topological polar surface area (TPSA) is 29.1 Å². The second-order valence-electron chi connectivity index (χ2n) is 3.62. The summed E-state index contributed by atoms with van der Waals surface area (Å²) in [5.41, 5.74) is 0. The first-order valence-electron chi connectivity index (χ1n) is 5.26. The molecule has 1 rings (SSSR count). The van der Waals surface area contributed by atoms with E-state index in [-0.39, 0.29) is 5.24 Å². The highest BCUT2D eigenvalue weighted by Gasteiger charge is 2.16. The zero-order valence-corrected chi connectivity index (χ0v) is 9.16. The standard InChI is InChI=1S/C10H19NOS/c1-2-3-8-13-10(12)11-9-6-4-5-7-9/h9H,2-8H2,1H3,(H,11,12). The van der Waals surface area contributed by atoms with Gasteiger partial charge in [-0.05, 0) is 19.3 Å². The molecule has 2 nitrogen and oxygen atoms in total. The molecule has 13 heavy (non-hydrogen) atoms. The van der Waals surface area contributed by atoms with E-state index >= 15 is 0 Å². The van der Waals surface area contributed by atoms with E-state index in [1.54, 1.807) is 0 Å².